The van der Waals surface area contributed by atoms with E-state index in [-0.39, 0.29) is 5.41 Å². The van der Waals surface area contributed by atoms with Crippen molar-refractivity contribution in [2.75, 3.05) is 0 Å². The van der Waals surface area contributed by atoms with Gasteiger partial charge in [0.1, 0.15) is 8.07 Å². The Balaban J connectivity index is 0.955. The van der Waals surface area contributed by atoms with Gasteiger partial charge in [0.15, 0.2) is 17.5 Å². The molecule has 10 aromatic rings. The number of rotatable bonds is 5. The highest BCUT2D eigenvalue weighted by Crippen LogP contribution is 2.71. The molecule has 3 nitrogen and oxygen atoms in total. The molecule has 3 heterocycles. The second-order valence-electron chi connectivity index (χ2n) is 21.1. The predicted molar refractivity (Wildman–Crippen MR) is 285 cm³/mol. The summed E-state index contributed by atoms with van der Waals surface area (Å²) in [6.07, 6.45) is 6.72. The van der Waals surface area contributed by atoms with E-state index < -0.39 is 8.07 Å². The van der Waals surface area contributed by atoms with Crippen molar-refractivity contribution in [3.63, 3.8) is 0 Å². The molecule has 4 bridgehead atoms. The maximum Gasteiger partial charge on any atom is 0.164 e. The van der Waals surface area contributed by atoms with Gasteiger partial charge in [-0.3, -0.25) is 0 Å². The van der Waals surface area contributed by atoms with Gasteiger partial charge in [0, 0.05) is 42.3 Å². The Hall–Kier alpha value is -6.79. The lowest BCUT2D eigenvalue weighted by Gasteiger charge is -2.61. The van der Waals surface area contributed by atoms with Crippen LogP contribution in [0.25, 0.3) is 98.8 Å². The van der Waals surface area contributed by atoms with E-state index in [4.69, 9.17) is 15.0 Å². The Bertz CT molecular complexity index is 3710. The molecule has 0 atom stereocenters. The number of aromatic nitrogens is 3. The first-order chi connectivity index (χ1) is 33.4. The normalized spacial score (nSPS) is 22.1. The molecule has 0 radical (unpaired) electrons. The summed E-state index contributed by atoms with van der Waals surface area (Å²) in [6, 6.07) is 66.0. The first-order valence-corrected chi connectivity index (χ1v) is 28.6. The summed E-state index contributed by atoms with van der Waals surface area (Å²) in [5.41, 5.74) is 16.8. The number of thiophene rings is 1. The third-order valence-electron chi connectivity index (χ3n) is 17.3. The highest BCUT2D eigenvalue weighted by Gasteiger charge is 2.62. The molecular formula is C63H49N3SSi. The maximum atomic E-state index is 5.58. The average molecular weight is 908 g/mol. The fourth-order valence-electron chi connectivity index (χ4n) is 14.7. The van der Waals surface area contributed by atoms with Crippen LogP contribution >= 0.6 is 11.3 Å². The molecule has 4 saturated carbocycles. The number of hydrogen-bond donors (Lipinski definition) is 0. The summed E-state index contributed by atoms with van der Waals surface area (Å²) in [5, 5.41) is 5.69. The van der Waals surface area contributed by atoms with Crippen LogP contribution in [0.4, 0.5) is 0 Å². The Morgan fingerprint density at radius 1 is 0.426 bits per heavy atom. The van der Waals surface area contributed by atoms with Crippen LogP contribution in [0.5, 0.6) is 0 Å². The second-order valence-corrected chi connectivity index (χ2v) is 26.5. The van der Waals surface area contributed by atoms with Crippen LogP contribution in [0, 0.1) is 23.7 Å². The van der Waals surface area contributed by atoms with Gasteiger partial charge in [-0.25, -0.2) is 15.0 Å². The number of fused-ring (bicyclic) bond motifs is 9. The van der Waals surface area contributed by atoms with Gasteiger partial charge in [0.05, 0.1) is 0 Å². The summed E-state index contributed by atoms with van der Waals surface area (Å²) in [6.45, 7) is 5.09. The monoisotopic (exact) mass is 907 g/mol. The molecule has 5 aliphatic carbocycles. The highest BCUT2D eigenvalue weighted by atomic mass is 32.1. The molecule has 68 heavy (non-hydrogen) atoms. The van der Waals surface area contributed by atoms with Crippen LogP contribution < -0.4 is 10.4 Å². The highest BCUT2D eigenvalue weighted by molar-refractivity contribution is 7.25. The zero-order chi connectivity index (χ0) is 44.9. The first kappa shape index (κ1) is 39.2. The summed E-state index contributed by atoms with van der Waals surface area (Å²) in [5.74, 6) is 5.05. The SMILES string of the molecule is C[Si]1(C)c2ccccc2-c2ccc(-c3c(-c4nc(-c5ccccc5)nc(-c5ccc(-c6ccc7sc8ccccc8c7c6)cc5)n4)ccc4c3C3(c5ccccc5-4)C4CC5CC(C4)CC3C5)cc21. The van der Waals surface area contributed by atoms with Crippen LogP contribution in [0.3, 0.4) is 0 Å². The molecule has 1 aliphatic heterocycles. The Kier molecular flexibility index (Phi) is 8.29. The van der Waals surface area contributed by atoms with Crippen molar-refractivity contribution in [2.24, 2.45) is 23.7 Å². The number of nitrogens with zero attached hydrogens (tertiary/aromatic N) is 3. The summed E-state index contributed by atoms with van der Waals surface area (Å²) in [7, 11) is -2.00. The average Bonchev–Trinajstić information content (AvgIpc) is 3.98. The topological polar surface area (TPSA) is 38.7 Å². The van der Waals surface area contributed by atoms with Crippen molar-refractivity contribution >= 4 is 50.0 Å². The van der Waals surface area contributed by atoms with Crippen LogP contribution in [-0.4, -0.2) is 23.0 Å². The summed E-state index contributed by atoms with van der Waals surface area (Å²) >= 11 is 1.86. The van der Waals surface area contributed by atoms with Gasteiger partial charge in [-0.15, -0.1) is 11.3 Å². The molecular weight excluding hydrogens is 859 g/mol. The quantitative estimate of drug-likeness (QED) is 0.162. The third-order valence-corrected chi connectivity index (χ3v) is 22.0. The Labute approximate surface area is 402 Å². The van der Waals surface area contributed by atoms with Gasteiger partial charge in [-0.05, 0) is 146 Å². The number of hydrogen-bond acceptors (Lipinski definition) is 4. The van der Waals surface area contributed by atoms with Crippen LogP contribution in [0.2, 0.25) is 13.1 Å². The molecule has 0 unspecified atom stereocenters. The van der Waals surface area contributed by atoms with E-state index in [0.29, 0.717) is 23.5 Å². The van der Waals surface area contributed by atoms with Crippen LogP contribution in [0.1, 0.15) is 43.2 Å². The van der Waals surface area contributed by atoms with Gasteiger partial charge >= 0.3 is 0 Å². The largest absolute Gasteiger partial charge is 0.208 e. The van der Waals surface area contributed by atoms with Crippen LogP contribution in [-0.2, 0) is 5.41 Å². The van der Waals surface area contributed by atoms with Gasteiger partial charge in [0.25, 0.3) is 0 Å². The molecule has 0 amide bonds. The minimum atomic E-state index is -2.00. The smallest absolute Gasteiger partial charge is 0.164 e. The Morgan fingerprint density at radius 3 is 1.79 bits per heavy atom. The molecule has 5 heteroatoms. The lowest BCUT2D eigenvalue weighted by Crippen LogP contribution is -2.55. The van der Waals surface area contributed by atoms with Gasteiger partial charge in [-0.1, -0.05) is 165 Å². The standard InChI is InChI=1S/C63H49N3SSi/c1-68(2)56-19-11-8-16-48(56)49-26-24-43(36-57(49)68)58-51(28-27-50-46-14-6-9-17-53(46)63(59(50)58)44-31-37-30-38(33-44)34-45(63)32-37)62-65-60(40-12-4-3-5-13-40)64-61(66-62)41-22-20-39(21-23-41)42-25-29-55-52(35-42)47-15-7-10-18-54(47)67-55/h3-29,35-38,44-45H,30-34H2,1-2H3. The van der Waals surface area contributed by atoms with Gasteiger partial charge < -0.3 is 0 Å². The molecule has 0 saturated heterocycles. The van der Waals surface area contributed by atoms with Crippen LogP contribution in [0.15, 0.2) is 176 Å². The molecule has 1 spiro atoms. The third kappa shape index (κ3) is 5.49. The fourth-order valence-corrected chi connectivity index (χ4v) is 18.8. The van der Waals surface area contributed by atoms with Crippen molar-refractivity contribution in [3.8, 4) is 78.7 Å². The summed E-state index contributed by atoms with van der Waals surface area (Å²) in [4.78, 5) is 16.4. The van der Waals surface area contributed by atoms with Crippen molar-refractivity contribution in [1.82, 2.24) is 15.0 Å². The van der Waals surface area contributed by atoms with E-state index in [9.17, 15) is 0 Å². The molecule has 6 aliphatic rings. The predicted octanol–water partition coefficient (Wildman–Crippen LogP) is 15.1. The van der Waals surface area contributed by atoms with E-state index in [0.717, 1.165) is 34.4 Å². The molecule has 0 N–H and O–H groups in total. The summed E-state index contributed by atoms with van der Waals surface area (Å²) < 4.78 is 2.64. The zero-order valence-corrected chi connectivity index (χ0v) is 40.2. The molecule has 4 fully saturated rings. The second kappa shape index (κ2) is 14.4. The molecule has 326 valence electrons. The van der Waals surface area contributed by atoms with Gasteiger partial charge in [-0.2, -0.15) is 0 Å². The van der Waals surface area contributed by atoms with E-state index in [1.165, 1.54) is 107 Å². The van der Waals surface area contributed by atoms with E-state index in [1.807, 2.05) is 11.3 Å². The maximum absolute atomic E-state index is 5.58. The van der Waals surface area contributed by atoms with Crippen molar-refractivity contribution in [1.29, 1.82) is 0 Å². The molecule has 16 rings (SSSR count). The minimum absolute atomic E-state index is 0.0497. The van der Waals surface area contributed by atoms with E-state index >= 15 is 0 Å². The van der Waals surface area contributed by atoms with E-state index in [2.05, 4.69) is 189 Å². The lowest BCUT2D eigenvalue weighted by molar-refractivity contribution is -0.0397. The van der Waals surface area contributed by atoms with Gasteiger partial charge in [0.2, 0.25) is 0 Å². The minimum Gasteiger partial charge on any atom is -0.208 e. The molecule has 2 aromatic heterocycles. The van der Waals surface area contributed by atoms with Crippen molar-refractivity contribution < 1.29 is 0 Å². The van der Waals surface area contributed by atoms with E-state index in [1.54, 1.807) is 11.1 Å². The first-order valence-electron chi connectivity index (χ1n) is 24.8. The molecule has 8 aromatic carbocycles. The zero-order valence-electron chi connectivity index (χ0n) is 38.3. The number of benzene rings is 8. The Morgan fingerprint density at radius 2 is 1.00 bits per heavy atom. The van der Waals surface area contributed by atoms with Crippen molar-refractivity contribution in [2.45, 2.75) is 50.6 Å². The van der Waals surface area contributed by atoms with Crippen molar-refractivity contribution in [3.05, 3.63) is 187 Å². The lowest BCUT2D eigenvalue weighted by atomic mass is 9.42. The fraction of sp³-hybridized carbons (Fsp3) is 0.190.